The van der Waals surface area contributed by atoms with Gasteiger partial charge in [0.05, 0.1) is 20.8 Å². The molecule has 15 heavy (non-hydrogen) atoms. The number of hydrogen-bond acceptors (Lipinski definition) is 4. The van der Waals surface area contributed by atoms with E-state index in [4.69, 9.17) is 19.3 Å². The smallest absolute Gasteiger partial charge is 0.161 e. The van der Waals surface area contributed by atoms with Gasteiger partial charge in [0.25, 0.3) is 0 Å². The Morgan fingerprint density at radius 1 is 1.13 bits per heavy atom. The lowest BCUT2D eigenvalue weighted by Crippen LogP contribution is -2.06. The van der Waals surface area contributed by atoms with E-state index in [1.54, 1.807) is 33.5 Å². The largest absolute Gasteiger partial charge is 0.493 e. The molecule has 1 N–H and O–H groups in total. The van der Waals surface area contributed by atoms with Gasteiger partial charge in [0.1, 0.15) is 6.10 Å². The molecule has 4 heteroatoms. The molecule has 84 valence electrons. The fraction of sp³-hybridized carbons (Fsp3) is 0.455. The molecule has 1 aromatic rings. The van der Waals surface area contributed by atoms with Crippen molar-refractivity contribution in [3.8, 4) is 11.5 Å². The topological polar surface area (TPSA) is 47.9 Å². The molecule has 0 spiro atoms. The maximum Gasteiger partial charge on any atom is 0.161 e. The minimum Gasteiger partial charge on any atom is -0.493 e. The maximum atomic E-state index is 9.07. The van der Waals surface area contributed by atoms with Crippen LogP contribution in [0.15, 0.2) is 18.2 Å². The van der Waals surface area contributed by atoms with Gasteiger partial charge in [0.2, 0.25) is 0 Å². The van der Waals surface area contributed by atoms with Crippen LogP contribution in [0.1, 0.15) is 11.7 Å². The molecule has 0 aliphatic rings. The first-order valence-corrected chi connectivity index (χ1v) is 4.62. The first-order chi connectivity index (χ1) is 7.26. The van der Waals surface area contributed by atoms with E-state index < -0.39 is 0 Å². The van der Waals surface area contributed by atoms with Crippen LogP contribution in [0, 0.1) is 0 Å². The lowest BCUT2D eigenvalue weighted by atomic mass is 10.1. The highest BCUT2D eigenvalue weighted by atomic mass is 16.5. The molecule has 0 aliphatic carbocycles. The normalized spacial score (nSPS) is 12.3. The van der Waals surface area contributed by atoms with Crippen molar-refractivity contribution in [3.63, 3.8) is 0 Å². The van der Waals surface area contributed by atoms with Gasteiger partial charge in [-0.25, -0.2) is 0 Å². The van der Waals surface area contributed by atoms with Gasteiger partial charge >= 0.3 is 0 Å². The molecular formula is C11H16O4. The van der Waals surface area contributed by atoms with Crippen LogP contribution < -0.4 is 9.47 Å². The fourth-order valence-corrected chi connectivity index (χ4v) is 1.37. The summed E-state index contributed by atoms with van der Waals surface area (Å²) in [5, 5.41) is 9.07. The highest BCUT2D eigenvalue weighted by Gasteiger charge is 2.12. The van der Waals surface area contributed by atoms with E-state index in [0.29, 0.717) is 11.5 Å². The van der Waals surface area contributed by atoms with E-state index in [0.717, 1.165) is 5.56 Å². The number of aliphatic hydroxyl groups is 1. The fourth-order valence-electron chi connectivity index (χ4n) is 1.37. The molecular weight excluding hydrogens is 196 g/mol. The second-order valence-electron chi connectivity index (χ2n) is 3.02. The Morgan fingerprint density at radius 3 is 2.27 bits per heavy atom. The van der Waals surface area contributed by atoms with Crippen molar-refractivity contribution in [3.05, 3.63) is 23.8 Å². The number of rotatable bonds is 5. The van der Waals surface area contributed by atoms with Gasteiger partial charge in [-0.15, -0.1) is 0 Å². The summed E-state index contributed by atoms with van der Waals surface area (Å²) < 4.78 is 15.4. The SMILES string of the molecule is COc1ccc([C@H](CO)OC)cc1OC. The standard InChI is InChI=1S/C11H16O4/c1-13-9-5-4-8(6-10(9)14-2)11(7-12)15-3/h4-6,11-12H,7H2,1-3H3/t11-/m0/s1. The van der Waals surface area contributed by atoms with Gasteiger partial charge in [-0.3, -0.25) is 0 Å². The van der Waals surface area contributed by atoms with Gasteiger partial charge in [0.15, 0.2) is 11.5 Å². The Morgan fingerprint density at radius 2 is 1.80 bits per heavy atom. The number of aliphatic hydroxyl groups excluding tert-OH is 1. The Labute approximate surface area is 89.4 Å². The van der Waals surface area contributed by atoms with E-state index in [9.17, 15) is 0 Å². The quantitative estimate of drug-likeness (QED) is 0.801. The summed E-state index contributed by atoms with van der Waals surface area (Å²) in [5.74, 6) is 1.29. The molecule has 0 saturated carbocycles. The third-order valence-corrected chi connectivity index (χ3v) is 2.23. The van der Waals surface area contributed by atoms with Crippen LogP contribution in [-0.4, -0.2) is 33.0 Å². The number of methoxy groups -OCH3 is 3. The summed E-state index contributed by atoms with van der Waals surface area (Å²) in [6.45, 7) is -0.0635. The van der Waals surface area contributed by atoms with Crippen LogP contribution in [-0.2, 0) is 4.74 Å². The van der Waals surface area contributed by atoms with E-state index in [2.05, 4.69) is 0 Å². The predicted octanol–water partition coefficient (Wildman–Crippen LogP) is 1.38. The third kappa shape index (κ3) is 2.61. The summed E-state index contributed by atoms with van der Waals surface area (Å²) >= 11 is 0. The van der Waals surface area contributed by atoms with Crippen molar-refractivity contribution in [2.45, 2.75) is 6.10 Å². The Bertz CT molecular complexity index is 307. The first-order valence-electron chi connectivity index (χ1n) is 4.62. The second-order valence-corrected chi connectivity index (χ2v) is 3.02. The molecule has 0 radical (unpaired) electrons. The van der Waals surface area contributed by atoms with Crippen LogP contribution in [0.4, 0.5) is 0 Å². The summed E-state index contributed by atoms with van der Waals surface area (Å²) in [6.07, 6.45) is -0.329. The molecule has 0 heterocycles. The molecule has 0 bridgehead atoms. The van der Waals surface area contributed by atoms with Crippen LogP contribution in [0.2, 0.25) is 0 Å². The van der Waals surface area contributed by atoms with E-state index in [1.807, 2.05) is 6.07 Å². The summed E-state index contributed by atoms with van der Waals surface area (Å²) in [5.41, 5.74) is 0.859. The van der Waals surface area contributed by atoms with Gasteiger partial charge in [0, 0.05) is 7.11 Å². The molecule has 0 aliphatic heterocycles. The van der Waals surface area contributed by atoms with Crippen molar-refractivity contribution in [2.75, 3.05) is 27.9 Å². The summed E-state index contributed by atoms with van der Waals surface area (Å²) in [4.78, 5) is 0. The van der Waals surface area contributed by atoms with Crippen LogP contribution in [0.25, 0.3) is 0 Å². The Kier molecular flexibility index (Phi) is 4.39. The van der Waals surface area contributed by atoms with Crippen molar-refractivity contribution in [1.82, 2.24) is 0 Å². The van der Waals surface area contributed by atoms with Gasteiger partial charge in [-0.1, -0.05) is 6.07 Å². The Balaban J connectivity index is 3.01. The zero-order chi connectivity index (χ0) is 11.3. The maximum absolute atomic E-state index is 9.07. The highest BCUT2D eigenvalue weighted by Crippen LogP contribution is 2.30. The zero-order valence-electron chi connectivity index (χ0n) is 9.19. The molecule has 0 unspecified atom stereocenters. The first kappa shape index (κ1) is 11.8. The number of ether oxygens (including phenoxy) is 3. The van der Waals surface area contributed by atoms with Crippen molar-refractivity contribution < 1.29 is 19.3 Å². The summed E-state index contributed by atoms with van der Waals surface area (Å²) in [6, 6.07) is 5.42. The minimum atomic E-state index is -0.329. The third-order valence-electron chi connectivity index (χ3n) is 2.23. The average molecular weight is 212 g/mol. The molecule has 1 aromatic carbocycles. The van der Waals surface area contributed by atoms with Crippen molar-refractivity contribution >= 4 is 0 Å². The van der Waals surface area contributed by atoms with Crippen LogP contribution >= 0.6 is 0 Å². The predicted molar refractivity (Wildman–Crippen MR) is 56.4 cm³/mol. The van der Waals surface area contributed by atoms with E-state index in [1.165, 1.54) is 0 Å². The molecule has 0 aromatic heterocycles. The van der Waals surface area contributed by atoms with Crippen molar-refractivity contribution in [2.24, 2.45) is 0 Å². The minimum absolute atomic E-state index is 0.0635. The van der Waals surface area contributed by atoms with Gasteiger partial charge < -0.3 is 19.3 Å². The molecule has 4 nitrogen and oxygen atoms in total. The molecule has 0 fully saturated rings. The number of benzene rings is 1. The van der Waals surface area contributed by atoms with Crippen LogP contribution in [0.3, 0.4) is 0 Å². The molecule has 0 saturated heterocycles. The molecule has 1 atom stereocenters. The monoisotopic (exact) mass is 212 g/mol. The van der Waals surface area contributed by atoms with Gasteiger partial charge in [-0.05, 0) is 17.7 Å². The molecule has 1 rings (SSSR count). The van der Waals surface area contributed by atoms with Gasteiger partial charge in [-0.2, -0.15) is 0 Å². The number of hydrogen-bond donors (Lipinski definition) is 1. The van der Waals surface area contributed by atoms with Crippen LogP contribution in [0.5, 0.6) is 11.5 Å². The van der Waals surface area contributed by atoms with E-state index in [-0.39, 0.29) is 12.7 Å². The molecule has 0 amide bonds. The zero-order valence-corrected chi connectivity index (χ0v) is 9.19. The second kappa shape index (κ2) is 5.58. The summed E-state index contributed by atoms with van der Waals surface area (Å²) in [7, 11) is 4.71. The highest BCUT2D eigenvalue weighted by molar-refractivity contribution is 5.43. The average Bonchev–Trinajstić information content (AvgIpc) is 2.30. The lowest BCUT2D eigenvalue weighted by molar-refractivity contribution is 0.0482. The van der Waals surface area contributed by atoms with E-state index >= 15 is 0 Å². The van der Waals surface area contributed by atoms with Crippen molar-refractivity contribution in [1.29, 1.82) is 0 Å². The lowest BCUT2D eigenvalue weighted by Gasteiger charge is -2.15. The Hall–Kier alpha value is -1.26.